The lowest BCUT2D eigenvalue weighted by molar-refractivity contribution is -0.384. The van der Waals surface area contributed by atoms with Crippen LogP contribution in [0.25, 0.3) is 0 Å². The third-order valence-electron chi connectivity index (χ3n) is 3.66. The number of nitro groups is 1. The second kappa shape index (κ2) is 8.28. The number of carbonyl (C=O) groups excluding carboxylic acids is 1. The Morgan fingerprint density at radius 2 is 2.04 bits per heavy atom. The summed E-state index contributed by atoms with van der Waals surface area (Å²) in [4.78, 5) is 22.9. The van der Waals surface area contributed by atoms with E-state index < -0.39 is 10.8 Å². The average Bonchev–Trinajstić information content (AvgIpc) is 3.01. The highest BCUT2D eigenvalue weighted by Gasteiger charge is 2.14. The van der Waals surface area contributed by atoms with Crippen molar-refractivity contribution >= 4 is 40.5 Å². The van der Waals surface area contributed by atoms with Gasteiger partial charge in [-0.25, -0.2) is 0 Å². The molecule has 2 aromatic carbocycles. The van der Waals surface area contributed by atoms with Crippen LogP contribution in [-0.2, 0) is 11.3 Å². The van der Waals surface area contributed by atoms with Crippen molar-refractivity contribution in [2.45, 2.75) is 13.5 Å². The molecule has 0 saturated heterocycles. The SMILES string of the molecule is Cc1cc(Cl)ccc1Oc1cc(NC(=O)Cn2cc(Cl)cn2)cc([N+](=O)[O-])c1. The number of aromatic nitrogens is 2. The van der Waals surface area contributed by atoms with E-state index >= 15 is 0 Å². The van der Waals surface area contributed by atoms with Crippen LogP contribution in [0.2, 0.25) is 10.0 Å². The van der Waals surface area contributed by atoms with E-state index in [4.69, 9.17) is 27.9 Å². The van der Waals surface area contributed by atoms with Crippen molar-refractivity contribution in [1.29, 1.82) is 0 Å². The molecule has 0 aliphatic rings. The number of halogens is 2. The van der Waals surface area contributed by atoms with Crippen molar-refractivity contribution in [3.63, 3.8) is 0 Å². The molecular weight excluding hydrogens is 407 g/mol. The molecule has 144 valence electrons. The monoisotopic (exact) mass is 420 g/mol. The molecule has 1 N–H and O–H groups in total. The molecule has 10 heteroatoms. The minimum Gasteiger partial charge on any atom is -0.457 e. The third kappa shape index (κ3) is 4.99. The normalized spacial score (nSPS) is 10.5. The fraction of sp³-hybridized carbons (Fsp3) is 0.111. The van der Waals surface area contributed by atoms with Crippen molar-refractivity contribution in [3.8, 4) is 11.5 Å². The molecule has 3 rings (SSSR count). The molecule has 0 aliphatic heterocycles. The average molecular weight is 421 g/mol. The highest BCUT2D eigenvalue weighted by atomic mass is 35.5. The van der Waals surface area contributed by atoms with E-state index in [0.29, 0.717) is 15.8 Å². The van der Waals surface area contributed by atoms with Gasteiger partial charge >= 0.3 is 0 Å². The Kier molecular flexibility index (Phi) is 5.81. The van der Waals surface area contributed by atoms with Crippen LogP contribution in [0.4, 0.5) is 11.4 Å². The number of nitrogens with one attached hydrogen (secondary N) is 1. The van der Waals surface area contributed by atoms with E-state index in [9.17, 15) is 14.9 Å². The van der Waals surface area contributed by atoms with E-state index in [-0.39, 0.29) is 23.7 Å². The lowest BCUT2D eigenvalue weighted by Gasteiger charge is -2.11. The Morgan fingerprint density at radius 1 is 1.25 bits per heavy atom. The number of hydrogen-bond acceptors (Lipinski definition) is 5. The number of nitro benzene ring substituents is 1. The first-order chi connectivity index (χ1) is 13.3. The molecule has 1 amide bonds. The molecule has 1 heterocycles. The lowest BCUT2D eigenvalue weighted by atomic mass is 10.2. The maximum atomic E-state index is 12.2. The first kappa shape index (κ1) is 19.7. The standard InChI is InChI=1S/C18H14Cl2N4O4/c1-11-4-12(19)2-3-17(11)28-16-6-14(5-15(7-16)24(26)27)22-18(25)10-23-9-13(20)8-21-23/h2-9H,10H2,1H3,(H,22,25). The van der Waals surface area contributed by atoms with Crippen molar-refractivity contribution in [2.75, 3.05) is 5.32 Å². The fourth-order valence-corrected chi connectivity index (χ4v) is 2.83. The van der Waals surface area contributed by atoms with E-state index in [2.05, 4.69) is 10.4 Å². The maximum Gasteiger partial charge on any atom is 0.275 e. The molecule has 3 aromatic rings. The van der Waals surface area contributed by atoms with Gasteiger partial charge in [-0.3, -0.25) is 19.6 Å². The molecule has 0 spiro atoms. The van der Waals surface area contributed by atoms with Crippen molar-refractivity contribution in [2.24, 2.45) is 0 Å². The van der Waals surface area contributed by atoms with Gasteiger partial charge in [0.1, 0.15) is 18.0 Å². The van der Waals surface area contributed by atoms with Crippen LogP contribution in [0.5, 0.6) is 11.5 Å². The molecule has 0 saturated carbocycles. The van der Waals surface area contributed by atoms with Crippen LogP contribution in [-0.4, -0.2) is 20.6 Å². The zero-order valence-electron chi connectivity index (χ0n) is 14.6. The van der Waals surface area contributed by atoms with E-state index in [1.165, 1.54) is 35.3 Å². The Bertz CT molecular complexity index is 1050. The Balaban J connectivity index is 1.82. The molecule has 8 nitrogen and oxygen atoms in total. The van der Waals surface area contributed by atoms with Gasteiger partial charge in [0, 0.05) is 23.4 Å². The molecular formula is C18H14Cl2N4O4. The van der Waals surface area contributed by atoms with E-state index in [1.54, 1.807) is 25.1 Å². The van der Waals surface area contributed by atoms with Crippen LogP contribution in [0.15, 0.2) is 48.8 Å². The molecule has 0 bridgehead atoms. The predicted octanol–water partition coefficient (Wildman–Crippen LogP) is 4.84. The van der Waals surface area contributed by atoms with Gasteiger partial charge in [-0.2, -0.15) is 5.10 Å². The molecule has 0 atom stereocenters. The maximum absolute atomic E-state index is 12.2. The van der Waals surface area contributed by atoms with E-state index in [1.807, 2.05) is 0 Å². The molecule has 0 aliphatic carbocycles. The summed E-state index contributed by atoms with van der Waals surface area (Å²) in [5.74, 6) is 0.277. The lowest BCUT2D eigenvalue weighted by Crippen LogP contribution is -2.19. The summed E-state index contributed by atoms with van der Waals surface area (Å²) in [6, 6.07) is 9.04. The van der Waals surface area contributed by atoms with Crippen LogP contribution in [0.3, 0.4) is 0 Å². The Labute approximate surface area is 169 Å². The van der Waals surface area contributed by atoms with Gasteiger partial charge < -0.3 is 10.1 Å². The molecule has 0 radical (unpaired) electrons. The minimum atomic E-state index is -0.565. The number of amides is 1. The van der Waals surface area contributed by atoms with Crippen LogP contribution in [0, 0.1) is 17.0 Å². The summed E-state index contributed by atoms with van der Waals surface area (Å²) in [5.41, 5.74) is 0.765. The van der Waals surface area contributed by atoms with E-state index in [0.717, 1.165) is 5.56 Å². The number of aryl methyl sites for hydroxylation is 1. The molecule has 0 fully saturated rings. The number of ether oxygens (including phenoxy) is 1. The summed E-state index contributed by atoms with van der Waals surface area (Å²) >= 11 is 11.7. The highest BCUT2D eigenvalue weighted by Crippen LogP contribution is 2.32. The largest absolute Gasteiger partial charge is 0.457 e. The smallest absolute Gasteiger partial charge is 0.275 e. The number of hydrogen-bond donors (Lipinski definition) is 1. The molecule has 1 aromatic heterocycles. The summed E-state index contributed by atoms with van der Waals surface area (Å²) in [6.45, 7) is 1.71. The highest BCUT2D eigenvalue weighted by molar-refractivity contribution is 6.30. The zero-order chi connectivity index (χ0) is 20.3. The van der Waals surface area contributed by atoms with Gasteiger partial charge in [-0.15, -0.1) is 0 Å². The minimum absolute atomic E-state index is 0.0953. The Hall–Kier alpha value is -3.10. The summed E-state index contributed by atoms with van der Waals surface area (Å²) in [6.07, 6.45) is 2.90. The van der Waals surface area contributed by atoms with Crippen LogP contribution < -0.4 is 10.1 Å². The number of non-ortho nitro benzene ring substituents is 1. The third-order valence-corrected chi connectivity index (χ3v) is 4.09. The number of rotatable bonds is 6. The fourth-order valence-electron chi connectivity index (χ4n) is 2.45. The van der Waals surface area contributed by atoms with Crippen LogP contribution in [0.1, 0.15) is 5.56 Å². The second-order valence-corrected chi connectivity index (χ2v) is 6.76. The topological polar surface area (TPSA) is 99.3 Å². The summed E-state index contributed by atoms with van der Waals surface area (Å²) in [5, 5.41) is 18.7. The molecule has 28 heavy (non-hydrogen) atoms. The van der Waals surface area contributed by atoms with Gasteiger partial charge in [-0.1, -0.05) is 23.2 Å². The second-order valence-electron chi connectivity index (χ2n) is 5.89. The first-order valence-corrected chi connectivity index (χ1v) is 8.77. The Morgan fingerprint density at radius 3 is 2.68 bits per heavy atom. The molecule has 0 unspecified atom stereocenters. The zero-order valence-corrected chi connectivity index (χ0v) is 16.1. The van der Waals surface area contributed by atoms with Gasteiger partial charge in [-0.05, 0) is 30.7 Å². The number of anilines is 1. The van der Waals surface area contributed by atoms with Crippen molar-refractivity contribution in [3.05, 3.63) is 74.5 Å². The quantitative estimate of drug-likeness (QED) is 0.454. The van der Waals surface area contributed by atoms with Gasteiger partial charge in [0.15, 0.2) is 0 Å². The number of nitrogens with zero attached hydrogens (tertiary/aromatic N) is 3. The number of carbonyl (C=O) groups is 1. The van der Waals surface area contributed by atoms with Gasteiger partial charge in [0.25, 0.3) is 5.69 Å². The summed E-state index contributed by atoms with van der Waals surface area (Å²) < 4.78 is 7.10. The van der Waals surface area contributed by atoms with Gasteiger partial charge in [0.2, 0.25) is 5.91 Å². The first-order valence-electron chi connectivity index (χ1n) is 8.01. The van der Waals surface area contributed by atoms with Gasteiger partial charge in [0.05, 0.1) is 27.9 Å². The summed E-state index contributed by atoms with van der Waals surface area (Å²) in [7, 11) is 0. The van der Waals surface area contributed by atoms with Crippen LogP contribution >= 0.6 is 23.2 Å². The van der Waals surface area contributed by atoms with Crippen molar-refractivity contribution < 1.29 is 14.5 Å². The number of benzene rings is 2. The van der Waals surface area contributed by atoms with Crippen molar-refractivity contribution in [1.82, 2.24) is 9.78 Å². The predicted molar refractivity (Wildman–Crippen MR) is 105 cm³/mol.